The molecule has 1 fully saturated rings. The molecule has 1 heterocycles. The van der Waals surface area contributed by atoms with Crippen molar-refractivity contribution in [2.24, 2.45) is 10.4 Å². The minimum atomic E-state index is -0.296. The number of nitrogens with one attached hydrogen (secondary N) is 2. The van der Waals surface area contributed by atoms with E-state index in [0.717, 1.165) is 51.2 Å². The maximum Gasteiger partial charge on any atom is 0.230 e. The molecular weight excluding hydrogens is 362 g/mol. The second-order valence-corrected chi connectivity index (χ2v) is 8.72. The quantitative estimate of drug-likeness (QED) is 0.570. The lowest BCUT2D eigenvalue weighted by molar-refractivity contribution is -0.138. The molecule has 2 N–H and O–H groups in total. The Hall–Kier alpha value is -2.24. The standard InChI is InChI=1S/C23H37N5O/c1-5-24-22(26-17-23(12-6-7-13-23)21(29)27(2)3)25-16-18-10-11-20-19(15-18)9-8-14-28(20)4/h10-11,15H,5-9,12-14,16-17H2,1-4H3,(H2,24,25,26). The third kappa shape index (κ3) is 5.03. The molecule has 160 valence electrons. The molecule has 3 rings (SSSR count). The number of rotatable bonds is 6. The molecule has 1 aromatic carbocycles. The van der Waals surface area contributed by atoms with Crippen molar-refractivity contribution in [2.45, 2.75) is 52.0 Å². The van der Waals surface area contributed by atoms with E-state index in [2.05, 4.69) is 47.7 Å². The monoisotopic (exact) mass is 399 g/mol. The van der Waals surface area contributed by atoms with Crippen LogP contribution in [0.4, 0.5) is 5.69 Å². The fraction of sp³-hybridized carbons (Fsp3) is 0.652. The Morgan fingerprint density at radius 3 is 2.66 bits per heavy atom. The number of hydrogen-bond acceptors (Lipinski definition) is 3. The third-order valence-electron chi connectivity index (χ3n) is 6.27. The first-order valence-corrected chi connectivity index (χ1v) is 11.0. The van der Waals surface area contributed by atoms with Gasteiger partial charge in [-0.1, -0.05) is 25.0 Å². The van der Waals surface area contributed by atoms with Gasteiger partial charge in [-0.25, -0.2) is 4.99 Å². The van der Waals surface area contributed by atoms with E-state index in [4.69, 9.17) is 4.99 Å². The second kappa shape index (κ2) is 9.51. The average molecular weight is 400 g/mol. The summed E-state index contributed by atoms with van der Waals surface area (Å²) in [4.78, 5) is 21.7. The summed E-state index contributed by atoms with van der Waals surface area (Å²) in [7, 11) is 5.88. The normalized spacial score (nSPS) is 18.3. The summed E-state index contributed by atoms with van der Waals surface area (Å²) in [6.07, 6.45) is 6.51. The van der Waals surface area contributed by atoms with Crippen LogP contribution in [0, 0.1) is 5.41 Å². The first-order valence-electron chi connectivity index (χ1n) is 11.0. The van der Waals surface area contributed by atoms with Crippen molar-refractivity contribution in [2.75, 3.05) is 45.7 Å². The third-order valence-corrected chi connectivity index (χ3v) is 6.27. The highest BCUT2D eigenvalue weighted by atomic mass is 16.2. The van der Waals surface area contributed by atoms with Gasteiger partial charge < -0.3 is 20.4 Å². The van der Waals surface area contributed by atoms with Crippen LogP contribution < -0.4 is 15.5 Å². The maximum absolute atomic E-state index is 12.8. The number of benzene rings is 1. The van der Waals surface area contributed by atoms with Crippen LogP contribution in [-0.2, 0) is 17.8 Å². The van der Waals surface area contributed by atoms with Gasteiger partial charge >= 0.3 is 0 Å². The van der Waals surface area contributed by atoms with Crippen LogP contribution in [0.2, 0.25) is 0 Å². The Morgan fingerprint density at radius 2 is 1.97 bits per heavy atom. The molecule has 1 aliphatic heterocycles. The molecule has 0 spiro atoms. The Bertz CT molecular complexity index is 737. The number of carbonyl (C=O) groups is 1. The van der Waals surface area contributed by atoms with Crippen LogP contribution in [0.3, 0.4) is 0 Å². The molecular formula is C23H37N5O. The van der Waals surface area contributed by atoms with Gasteiger partial charge in [0.1, 0.15) is 0 Å². The van der Waals surface area contributed by atoms with Gasteiger partial charge in [0.25, 0.3) is 0 Å². The number of hydrogen-bond donors (Lipinski definition) is 2. The molecule has 0 atom stereocenters. The van der Waals surface area contributed by atoms with E-state index < -0.39 is 0 Å². The predicted octanol–water partition coefficient (Wildman–Crippen LogP) is 2.77. The largest absolute Gasteiger partial charge is 0.374 e. The minimum absolute atomic E-state index is 0.233. The number of carbonyl (C=O) groups excluding carboxylic acids is 1. The van der Waals surface area contributed by atoms with Gasteiger partial charge in [-0.15, -0.1) is 0 Å². The van der Waals surface area contributed by atoms with Gasteiger partial charge in [0.05, 0.1) is 12.0 Å². The van der Waals surface area contributed by atoms with E-state index in [-0.39, 0.29) is 11.3 Å². The van der Waals surface area contributed by atoms with Gasteiger partial charge in [-0.3, -0.25) is 4.79 Å². The SMILES string of the molecule is CCNC(=NCc1ccc2c(c1)CCCN2C)NCC1(C(=O)N(C)C)CCCC1. The van der Waals surface area contributed by atoms with Gasteiger partial charge in [-0.05, 0) is 49.8 Å². The lowest BCUT2D eigenvalue weighted by atomic mass is 9.84. The molecule has 0 unspecified atom stereocenters. The summed E-state index contributed by atoms with van der Waals surface area (Å²) in [5, 5.41) is 6.80. The van der Waals surface area contributed by atoms with E-state index >= 15 is 0 Å². The molecule has 0 saturated heterocycles. The lowest BCUT2D eigenvalue weighted by Gasteiger charge is -2.31. The van der Waals surface area contributed by atoms with Crippen molar-refractivity contribution in [3.05, 3.63) is 29.3 Å². The zero-order valence-electron chi connectivity index (χ0n) is 18.6. The number of amides is 1. The molecule has 0 radical (unpaired) electrons. The molecule has 1 amide bonds. The summed E-state index contributed by atoms with van der Waals surface area (Å²) >= 11 is 0. The Balaban J connectivity index is 1.68. The van der Waals surface area contributed by atoms with Crippen LogP contribution in [0.15, 0.2) is 23.2 Å². The number of aryl methyl sites for hydroxylation is 1. The lowest BCUT2D eigenvalue weighted by Crippen LogP contribution is -2.49. The van der Waals surface area contributed by atoms with Crippen molar-refractivity contribution in [1.29, 1.82) is 0 Å². The summed E-state index contributed by atoms with van der Waals surface area (Å²) in [6.45, 7) is 5.29. The first-order chi connectivity index (χ1) is 13.9. The Kier molecular flexibility index (Phi) is 7.04. The van der Waals surface area contributed by atoms with Crippen LogP contribution in [0.1, 0.15) is 50.2 Å². The summed E-state index contributed by atoms with van der Waals surface area (Å²) in [6, 6.07) is 6.71. The summed E-state index contributed by atoms with van der Waals surface area (Å²) < 4.78 is 0. The van der Waals surface area contributed by atoms with E-state index in [1.165, 1.54) is 23.2 Å². The van der Waals surface area contributed by atoms with E-state index in [9.17, 15) is 4.79 Å². The Morgan fingerprint density at radius 1 is 1.21 bits per heavy atom. The zero-order chi connectivity index (χ0) is 20.9. The van der Waals surface area contributed by atoms with Crippen molar-refractivity contribution >= 4 is 17.6 Å². The highest BCUT2D eigenvalue weighted by Gasteiger charge is 2.42. The van der Waals surface area contributed by atoms with Crippen molar-refractivity contribution < 1.29 is 4.79 Å². The van der Waals surface area contributed by atoms with E-state index in [1.807, 2.05) is 14.1 Å². The van der Waals surface area contributed by atoms with Crippen molar-refractivity contribution in [3.63, 3.8) is 0 Å². The molecule has 1 aliphatic carbocycles. The number of anilines is 1. The van der Waals surface area contributed by atoms with Crippen LogP contribution in [0.5, 0.6) is 0 Å². The topological polar surface area (TPSA) is 60.0 Å². The summed E-state index contributed by atoms with van der Waals surface area (Å²) in [5.41, 5.74) is 3.71. The molecule has 6 nitrogen and oxygen atoms in total. The van der Waals surface area contributed by atoms with E-state index in [1.54, 1.807) is 4.90 Å². The highest BCUT2D eigenvalue weighted by Crippen LogP contribution is 2.38. The fourth-order valence-electron chi connectivity index (χ4n) is 4.69. The molecule has 2 aliphatic rings. The summed E-state index contributed by atoms with van der Waals surface area (Å²) in [5.74, 6) is 1.03. The number of aliphatic imine (C=N–C) groups is 1. The van der Waals surface area contributed by atoms with Gasteiger partial charge in [0, 0.05) is 46.5 Å². The molecule has 29 heavy (non-hydrogen) atoms. The molecule has 1 aromatic rings. The first kappa shape index (κ1) is 21.5. The zero-order valence-corrected chi connectivity index (χ0v) is 18.6. The fourth-order valence-corrected chi connectivity index (χ4v) is 4.69. The van der Waals surface area contributed by atoms with Crippen LogP contribution >= 0.6 is 0 Å². The van der Waals surface area contributed by atoms with Crippen LogP contribution in [0.25, 0.3) is 0 Å². The second-order valence-electron chi connectivity index (χ2n) is 8.72. The van der Waals surface area contributed by atoms with Crippen LogP contribution in [-0.4, -0.2) is 57.5 Å². The van der Waals surface area contributed by atoms with E-state index in [0.29, 0.717) is 13.1 Å². The molecule has 6 heteroatoms. The van der Waals surface area contributed by atoms with Crippen molar-refractivity contribution in [1.82, 2.24) is 15.5 Å². The smallest absolute Gasteiger partial charge is 0.230 e. The Labute approximate surface area is 175 Å². The predicted molar refractivity (Wildman–Crippen MR) is 120 cm³/mol. The number of fused-ring (bicyclic) bond motifs is 1. The minimum Gasteiger partial charge on any atom is -0.374 e. The van der Waals surface area contributed by atoms with Gasteiger partial charge in [0.2, 0.25) is 5.91 Å². The van der Waals surface area contributed by atoms with Gasteiger partial charge in [0.15, 0.2) is 5.96 Å². The molecule has 0 aromatic heterocycles. The maximum atomic E-state index is 12.8. The van der Waals surface area contributed by atoms with Gasteiger partial charge in [-0.2, -0.15) is 0 Å². The number of guanidine groups is 1. The van der Waals surface area contributed by atoms with Crippen molar-refractivity contribution in [3.8, 4) is 0 Å². The molecule has 1 saturated carbocycles. The highest BCUT2D eigenvalue weighted by molar-refractivity contribution is 5.85. The number of nitrogens with zero attached hydrogens (tertiary/aromatic N) is 3. The molecule has 0 bridgehead atoms. The average Bonchev–Trinajstić information content (AvgIpc) is 3.19.